The molecule has 0 bridgehead atoms. The average Bonchev–Trinajstić information content (AvgIpc) is 3.56. The molecule has 3 N–H and O–H groups in total. The number of hydrogen-bond acceptors (Lipinski definition) is 7. The average molecular weight is 495 g/mol. The number of ether oxygens (including phenoxy) is 1. The molecule has 0 saturated heterocycles. The van der Waals surface area contributed by atoms with Gasteiger partial charge in [-0.2, -0.15) is 0 Å². The number of allylic oxidation sites excluding steroid dienone is 1. The van der Waals surface area contributed by atoms with E-state index in [-0.39, 0.29) is 11.8 Å². The zero-order valence-electron chi connectivity index (χ0n) is 21.8. The highest BCUT2D eigenvalue weighted by Gasteiger charge is 2.42. The molecule has 0 spiro atoms. The third kappa shape index (κ3) is 4.88. The maximum atomic E-state index is 13.2. The van der Waals surface area contributed by atoms with E-state index in [0.29, 0.717) is 29.8 Å². The molecule has 1 atom stereocenters. The summed E-state index contributed by atoms with van der Waals surface area (Å²) < 4.78 is 5.61. The van der Waals surface area contributed by atoms with Gasteiger partial charge in [0, 0.05) is 31.7 Å². The number of amides is 2. The normalized spacial score (nSPS) is 23.8. The van der Waals surface area contributed by atoms with E-state index < -0.39 is 11.7 Å². The summed E-state index contributed by atoms with van der Waals surface area (Å²) in [6.45, 7) is 5.42. The number of carbonyl (C=O) groups excluding carboxylic acids is 2. The molecule has 1 unspecified atom stereocenters. The quantitative estimate of drug-likeness (QED) is 0.539. The molecule has 9 heteroatoms. The van der Waals surface area contributed by atoms with Crippen LogP contribution in [0, 0.1) is 11.3 Å². The van der Waals surface area contributed by atoms with Gasteiger partial charge in [-0.05, 0) is 63.6 Å². The Morgan fingerprint density at radius 3 is 2.67 bits per heavy atom. The number of anilines is 1. The first kappa shape index (κ1) is 24.5. The zero-order chi connectivity index (χ0) is 25.4. The second kappa shape index (κ2) is 9.67. The molecule has 1 aromatic rings. The van der Waals surface area contributed by atoms with Crippen LogP contribution in [0.4, 0.5) is 5.69 Å². The second-order valence-electron chi connectivity index (χ2n) is 11.1. The van der Waals surface area contributed by atoms with Gasteiger partial charge in [0.05, 0.1) is 24.4 Å². The highest BCUT2D eigenvalue weighted by atomic mass is 16.5. The van der Waals surface area contributed by atoms with Crippen molar-refractivity contribution in [3.63, 3.8) is 0 Å². The number of hydrogen-bond donors (Lipinski definition) is 3. The molecule has 2 aliphatic heterocycles. The summed E-state index contributed by atoms with van der Waals surface area (Å²) in [5, 5.41) is 9.97. The van der Waals surface area contributed by atoms with Crippen molar-refractivity contribution < 1.29 is 14.3 Å². The summed E-state index contributed by atoms with van der Waals surface area (Å²) in [7, 11) is 3.43. The standard InChI is InChI=1S/C27H38N6O3/c1-27(2)16-33(19-7-5-6-8-19)23-21(32(3)25(27)35)15-29-26(31-23)30-20-12-11-18(13-22(20)36-4)24(34)28-14-17-9-10-17/h11-13,15,17,19,26,30-31H,5-10,14,16H2,1-4H3,(H,28,34). The van der Waals surface area contributed by atoms with Crippen LogP contribution in [0.15, 0.2) is 34.7 Å². The number of aliphatic imine (C=N–C) groups is 1. The fraction of sp³-hybridized carbons (Fsp3) is 0.593. The van der Waals surface area contributed by atoms with Crippen molar-refractivity contribution in [2.24, 2.45) is 16.3 Å². The lowest BCUT2D eigenvalue weighted by atomic mass is 9.90. The number of nitrogens with zero attached hydrogens (tertiary/aromatic N) is 3. The molecule has 2 aliphatic carbocycles. The molecule has 0 aromatic heterocycles. The number of nitrogens with one attached hydrogen (secondary N) is 3. The van der Waals surface area contributed by atoms with E-state index in [9.17, 15) is 9.59 Å². The molecule has 36 heavy (non-hydrogen) atoms. The fourth-order valence-electron chi connectivity index (χ4n) is 5.42. The third-order valence-corrected chi connectivity index (χ3v) is 7.73. The first-order valence-corrected chi connectivity index (χ1v) is 13.1. The van der Waals surface area contributed by atoms with Gasteiger partial charge in [0.25, 0.3) is 5.91 Å². The van der Waals surface area contributed by atoms with E-state index in [1.54, 1.807) is 30.4 Å². The lowest BCUT2D eigenvalue weighted by Gasteiger charge is -2.38. The minimum absolute atomic E-state index is 0.0867. The molecule has 0 radical (unpaired) electrons. The first-order chi connectivity index (χ1) is 17.3. The van der Waals surface area contributed by atoms with Gasteiger partial charge in [0.2, 0.25) is 5.91 Å². The van der Waals surface area contributed by atoms with Gasteiger partial charge in [0.15, 0.2) is 6.29 Å². The van der Waals surface area contributed by atoms with Gasteiger partial charge in [0.1, 0.15) is 17.3 Å². The van der Waals surface area contributed by atoms with Crippen molar-refractivity contribution >= 4 is 23.7 Å². The molecule has 9 nitrogen and oxygen atoms in total. The van der Waals surface area contributed by atoms with Crippen molar-refractivity contribution in [2.75, 3.05) is 32.6 Å². The minimum Gasteiger partial charge on any atom is -0.495 e. The molecule has 2 amide bonds. The van der Waals surface area contributed by atoms with Gasteiger partial charge in [-0.1, -0.05) is 12.8 Å². The molecule has 1 aromatic carbocycles. The summed E-state index contributed by atoms with van der Waals surface area (Å²) in [6.07, 6.45) is 8.40. The van der Waals surface area contributed by atoms with E-state index in [4.69, 9.17) is 4.74 Å². The summed E-state index contributed by atoms with van der Waals surface area (Å²) >= 11 is 0. The Morgan fingerprint density at radius 2 is 1.97 bits per heavy atom. The Balaban J connectivity index is 1.35. The number of benzene rings is 1. The molecule has 2 heterocycles. The van der Waals surface area contributed by atoms with Crippen LogP contribution >= 0.6 is 0 Å². The molecule has 5 rings (SSSR count). The van der Waals surface area contributed by atoms with Gasteiger partial charge in [-0.3, -0.25) is 9.59 Å². The van der Waals surface area contributed by atoms with Gasteiger partial charge >= 0.3 is 0 Å². The van der Waals surface area contributed by atoms with Crippen LogP contribution in [0.5, 0.6) is 5.75 Å². The van der Waals surface area contributed by atoms with Crippen molar-refractivity contribution in [3.8, 4) is 5.75 Å². The minimum atomic E-state index is -0.508. The van der Waals surface area contributed by atoms with Crippen LogP contribution in [0.1, 0.15) is 62.7 Å². The topological polar surface area (TPSA) is 98.3 Å². The molecule has 194 valence electrons. The van der Waals surface area contributed by atoms with Crippen molar-refractivity contribution in [1.29, 1.82) is 0 Å². The van der Waals surface area contributed by atoms with Crippen LogP contribution in [0.25, 0.3) is 0 Å². The van der Waals surface area contributed by atoms with Crippen LogP contribution in [0.3, 0.4) is 0 Å². The summed E-state index contributed by atoms with van der Waals surface area (Å²) in [6, 6.07) is 5.81. The summed E-state index contributed by atoms with van der Waals surface area (Å²) in [5.74, 6) is 2.14. The van der Waals surface area contributed by atoms with Crippen LogP contribution in [-0.2, 0) is 4.79 Å². The summed E-state index contributed by atoms with van der Waals surface area (Å²) in [5.41, 5.74) is 1.60. The van der Waals surface area contributed by atoms with Crippen LogP contribution in [-0.4, -0.2) is 67.4 Å². The second-order valence-corrected chi connectivity index (χ2v) is 11.1. The van der Waals surface area contributed by atoms with E-state index in [2.05, 4.69) is 25.8 Å². The predicted molar refractivity (Wildman–Crippen MR) is 140 cm³/mol. The maximum Gasteiger partial charge on any atom is 0.251 e. The molecular weight excluding hydrogens is 456 g/mol. The van der Waals surface area contributed by atoms with Crippen molar-refractivity contribution in [1.82, 2.24) is 20.4 Å². The van der Waals surface area contributed by atoms with E-state index in [1.807, 2.05) is 27.0 Å². The maximum absolute atomic E-state index is 13.2. The Bertz CT molecular complexity index is 1090. The molecule has 2 saturated carbocycles. The smallest absolute Gasteiger partial charge is 0.251 e. The lowest BCUT2D eigenvalue weighted by Crippen LogP contribution is -2.48. The van der Waals surface area contributed by atoms with Crippen molar-refractivity contribution in [3.05, 3.63) is 35.3 Å². The monoisotopic (exact) mass is 494 g/mol. The molecule has 2 fully saturated rings. The molecular formula is C27H38N6O3. The summed E-state index contributed by atoms with van der Waals surface area (Å²) in [4.78, 5) is 34.5. The Labute approximate surface area is 213 Å². The predicted octanol–water partition coefficient (Wildman–Crippen LogP) is 3.12. The van der Waals surface area contributed by atoms with E-state index in [0.717, 1.165) is 36.6 Å². The fourth-order valence-corrected chi connectivity index (χ4v) is 5.42. The number of methoxy groups -OCH3 is 1. The van der Waals surface area contributed by atoms with Crippen LogP contribution < -0.4 is 20.7 Å². The zero-order valence-corrected chi connectivity index (χ0v) is 21.8. The van der Waals surface area contributed by atoms with E-state index in [1.165, 1.54) is 25.7 Å². The van der Waals surface area contributed by atoms with Crippen molar-refractivity contribution in [2.45, 2.75) is 64.7 Å². The molecule has 4 aliphatic rings. The largest absolute Gasteiger partial charge is 0.495 e. The van der Waals surface area contributed by atoms with E-state index >= 15 is 0 Å². The van der Waals surface area contributed by atoms with Gasteiger partial charge < -0.3 is 30.5 Å². The first-order valence-electron chi connectivity index (χ1n) is 13.1. The Kier molecular flexibility index (Phi) is 6.57. The highest BCUT2D eigenvalue weighted by Crippen LogP contribution is 2.36. The van der Waals surface area contributed by atoms with Crippen LogP contribution in [0.2, 0.25) is 0 Å². The highest BCUT2D eigenvalue weighted by molar-refractivity contribution is 5.95. The Morgan fingerprint density at radius 1 is 1.22 bits per heavy atom. The van der Waals surface area contributed by atoms with Gasteiger partial charge in [-0.15, -0.1) is 0 Å². The number of rotatable bonds is 7. The van der Waals surface area contributed by atoms with Gasteiger partial charge in [-0.25, -0.2) is 4.99 Å². The lowest BCUT2D eigenvalue weighted by molar-refractivity contribution is -0.136. The third-order valence-electron chi connectivity index (χ3n) is 7.73. The Hall–Kier alpha value is -3.23. The number of carbonyl (C=O) groups is 2. The SMILES string of the molecule is COc1cc(C(=O)NCC2CC2)ccc1NC1N=CC2=C(N1)N(C1CCCC1)CC(C)(C)C(=O)N2C.